The normalized spacial score (nSPS) is 22.6. The second-order valence-corrected chi connectivity index (χ2v) is 7.61. The quantitative estimate of drug-likeness (QED) is 0.719. The number of rotatable bonds is 3. The Hall–Kier alpha value is -3.14. The lowest BCUT2D eigenvalue weighted by Gasteiger charge is -2.21. The van der Waals surface area contributed by atoms with E-state index in [1.807, 2.05) is 43.2 Å². The molecule has 0 spiro atoms. The zero-order valence-electron chi connectivity index (χ0n) is 15.4. The van der Waals surface area contributed by atoms with Gasteiger partial charge in [0.25, 0.3) is 0 Å². The SMILES string of the molecule is Cc1c(-c2cc3c(N4CC[C@@](C#N)(C5CC5)C4=O)ccnn3c2)cnn1C. The first-order valence-corrected chi connectivity index (χ1v) is 9.25. The summed E-state index contributed by atoms with van der Waals surface area (Å²) in [6, 6.07) is 6.27. The first kappa shape index (κ1) is 16.1. The first-order chi connectivity index (χ1) is 13.0. The molecule has 7 heteroatoms. The van der Waals surface area contributed by atoms with E-state index in [0.29, 0.717) is 13.0 Å². The summed E-state index contributed by atoms with van der Waals surface area (Å²) in [6.45, 7) is 2.61. The summed E-state index contributed by atoms with van der Waals surface area (Å²) in [7, 11) is 1.92. The molecule has 136 valence electrons. The van der Waals surface area contributed by atoms with E-state index in [9.17, 15) is 10.1 Å². The lowest BCUT2D eigenvalue weighted by molar-refractivity contribution is -0.123. The molecule has 1 aliphatic carbocycles. The van der Waals surface area contributed by atoms with Crippen molar-refractivity contribution in [3.63, 3.8) is 0 Å². The second kappa shape index (κ2) is 5.43. The van der Waals surface area contributed by atoms with Crippen LogP contribution in [0.3, 0.4) is 0 Å². The molecule has 7 nitrogen and oxygen atoms in total. The van der Waals surface area contributed by atoms with E-state index >= 15 is 0 Å². The maximum Gasteiger partial charge on any atom is 0.247 e. The number of anilines is 1. The van der Waals surface area contributed by atoms with Crippen molar-refractivity contribution in [2.45, 2.75) is 26.2 Å². The van der Waals surface area contributed by atoms with Crippen LogP contribution < -0.4 is 4.90 Å². The predicted molar refractivity (Wildman–Crippen MR) is 99.9 cm³/mol. The van der Waals surface area contributed by atoms with Gasteiger partial charge in [0, 0.05) is 42.8 Å². The first-order valence-electron chi connectivity index (χ1n) is 9.25. The lowest BCUT2D eigenvalue weighted by Crippen LogP contribution is -2.35. The van der Waals surface area contributed by atoms with Gasteiger partial charge in [-0.1, -0.05) is 0 Å². The minimum atomic E-state index is -0.838. The van der Waals surface area contributed by atoms with Gasteiger partial charge < -0.3 is 4.90 Å². The van der Waals surface area contributed by atoms with Crippen molar-refractivity contribution >= 4 is 17.1 Å². The highest BCUT2D eigenvalue weighted by Crippen LogP contribution is 2.52. The average molecular weight is 360 g/mol. The van der Waals surface area contributed by atoms with Crippen LogP contribution in [-0.2, 0) is 11.8 Å². The van der Waals surface area contributed by atoms with Gasteiger partial charge in [0.1, 0.15) is 5.41 Å². The van der Waals surface area contributed by atoms with Crippen LogP contribution >= 0.6 is 0 Å². The number of amides is 1. The van der Waals surface area contributed by atoms with E-state index in [1.54, 1.807) is 15.6 Å². The van der Waals surface area contributed by atoms with Crippen molar-refractivity contribution in [2.75, 3.05) is 11.4 Å². The Kier molecular flexibility index (Phi) is 3.23. The molecule has 0 aromatic carbocycles. The molecule has 1 saturated carbocycles. The molecule has 1 saturated heterocycles. The fraction of sp³-hybridized carbons (Fsp3) is 0.400. The van der Waals surface area contributed by atoms with Crippen molar-refractivity contribution in [3.05, 3.63) is 36.4 Å². The molecule has 1 amide bonds. The highest BCUT2D eigenvalue weighted by Gasteiger charge is 2.56. The number of hydrogen-bond donors (Lipinski definition) is 0. The zero-order valence-corrected chi connectivity index (χ0v) is 15.4. The van der Waals surface area contributed by atoms with E-state index in [-0.39, 0.29) is 11.8 Å². The number of hydrogen-bond acceptors (Lipinski definition) is 4. The molecule has 2 fully saturated rings. The third kappa shape index (κ3) is 2.16. The van der Waals surface area contributed by atoms with Crippen LogP contribution in [0.5, 0.6) is 0 Å². The molecular weight excluding hydrogens is 340 g/mol. The highest BCUT2D eigenvalue weighted by atomic mass is 16.2. The van der Waals surface area contributed by atoms with Gasteiger partial charge in [0.05, 0.1) is 23.5 Å². The molecule has 4 heterocycles. The van der Waals surface area contributed by atoms with Crippen LogP contribution in [0, 0.1) is 29.6 Å². The Morgan fingerprint density at radius 1 is 1.33 bits per heavy atom. The third-order valence-corrected chi connectivity index (χ3v) is 6.15. The molecule has 3 aromatic heterocycles. The molecule has 0 radical (unpaired) electrons. The minimum absolute atomic E-state index is 0.0547. The Balaban J connectivity index is 1.60. The molecule has 0 N–H and O–H groups in total. The maximum atomic E-state index is 13.2. The van der Waals surface area contributed by atoms with Crippen LogP contribution in [0.1, 0.15) is 25.0 Å². The Morgan fingerprint density at radius 3 is 2.81 bits per heavy atom. The number of nitrogens with zero attached hydrogens (tertiary/aromatic N) is 6. The van der Waals surface area contributed by atoms with Gasteiger partial charge in [-0.3, -0.25) is 9.48 Å². The number of nitriles is 1. The average Bonchev–Trinajstić information content (AvgIpc) is 3.23. The van der Waals surface area contributed by atoms with E-state index in [4.69, 9.17) is 0 Å². The van der Waals surface area contributed by atoms with Gasteiger partial charge in [-0.05, 0) is 44.2 Å². The Labute approximate surface area is 156 Å². The molecular formula is C20H20N6O. The summed E-state index contributed by atoms with van der Waals surface area (Å²) in [5, 5.41) is 18.5. The minimum Gasteiger partial charge on any atom is -0.309 e. The summed E-state index contributed by atoms with van der Waals surface area (Å²) in [5.41, 5.74) is 3.98. The van der Waals surface area contributed by atoms with E-state index < -0.39 is 5.41 Å². The van der Waals surface area contributed by atoms with Gasteiger partial charge in [0.2, 0.25) is 5.91 Å². The third-order valence-electron chi connectivity index (χ3n) is 6.15. The second-order valence-electron chi connectivity index (χ2n) is 7.61. The Bertz CT molecular complexity index is 1120. The van der Waals surface area contributed by atoms with Gasteiger partial charge in [-0.2, -0.15) is 15.5 Å². The molecule has 1 aliphatic heterocycles. The van der Waals surface area contributed by atoms with Crippen LogP contribution in [0.2, 0.25) is 0 Å². The van der Waals surface area contributed by atoms with Crippen molar-refractivity contribution < 1.29 is 4.79 Å². The fourth-order valence-corrected chi connectivity index (χ4v) is 4.27. The van der Waals surface area contributed by atoms with E-state index in [0.717, 1.165) is 40.9 Å². The molecule has 5 rings (SSSR count). The maximum absolute atomic E-state index is 13.2. The number of fused-ring (bicyclic) bond motifs is 1. The summed E-state index contributed by atoms with van der Waals surface area (Å²) < 4.78 is 3.64. The topological polar surface area (TPSA) is 79.2 Å². The van der Waals surface area contributed by atoms with Gasteiger partial charge in [-0.25, -0.2) is 4.52 Å². The van der Waals surface area contributed by atoms with Crippen LogP contribution in [-0.4, -0.2) is 31.8 Å². The standard InChI is InChI=1S/C20H20N6O/c1-13-16(10-23-24(13)2)14-9-18-17(5-7-22-26(18)11-14)25-8-6-20(12-21,19(25)27)15-3-4-15/h5,7,9-11,15H,3-4,6,8H2,1-2H3/t20-/m1/s1. The summed E-state index contributed by atoms with van der Waals surface area (Å²) in [5.74, 6) is 0.166. The predicted octanol–water partition coefficient (Wildman–Crippen LogP) is 2.70. The van der Waals surface area contributed by atoms with E-state index in [1.165, 1.54) is 0 Å². The van der Waals surface area contributed by atoms with Crippen molar-refractivity contribution in [3.8, 4) is 17.2 Å². The van der Waals surface area contributed by atoms with Gasteiger partial charge >= 0.3 is 0 Å². The number of carbonyl (C=O) groups excluding carboxylic acids is 1. The smallest absolute Gasteiger partial charge is 0.247 e. The van der Waals surface area contributed by atoms with Gasteiger partial charge in [0.15, 0.2) is 0 Å². The highest BCUT2D eigenvalue weighted by molar-refractivity contribution is 6.05. The largest absolute Gasteiger partial charge is 0.309 e. The molecule has 0 unspecified atom stereocenters. The number of aryl methyl sites for hydroxylation is 1. The molecule has 3 aromatic rings. The van der Waals surface area contributed by atoms with Crippen molar-refractivity contribution in [2.24, 2.45) is 18.4 Å². The number of aromatic nitrogens is 4. The summed E-state index contributed by atoms with van der Waals surface area (Å²) >= 11 is 0. The molecule has 0 bridgehead atoms. The summed E-state index contributed by atoms with van der Waals surface area (Å²) in [6.07, 6.45) is 8.08. The van der Waals surface area contributed by atoms with Crippen molar-refractivity contribution in [1.29, 1.82) is 5.26 Å². The molecule has 27 heavy (non-hydrogen) atoms. The Morgan fingerprint density at radius 2 is 2.15 bits per heavy atom. The van der Waals surface area contributed by atoms with Crippen LogP contribution in [0.25, 0.3) is 16.6 Å². The van der Waals surface area contributed by atoms with Crippen LogP contribution in [0.15, 0.2) is 30.7 Å². The molecule has 1 atom stereocenters. The lowest BCUT2D eigenvalue weighted by atomic mass is 9.83. The zero-order chi connectivity index (χ0) is 18.8. The summed E-state index contributed by atoms with van der Waals surface area (Å²) in [4.78, 5) is 15.0. The number of carbonyl (C=O) groups is 1. The van der Waals surface area contributed by atoms with Crippen molar-refractivity contribution in [1.82, 2.24) is 19.4 Å². The van der Waals surface area contributed by atoms with E-state index in [2.05, 4.69) is 16.3 Å². The molecule has 2 aliphatic rings. The van der Waals surface area contributed by atoms with Crippen LogP contribution in [0.4, 0.5) is 5.69 Å². The fourth-order valence-electron chi connectivity index (χ4n) is 4.27. The monoisotopic (exact) mass is 360 g/mol. The van der Waals surface area contributed by atoms with Gasteiger partial charge in [-0.15, -0.1) is 0 Å².